The lowest BCUT2D eigenvalue weighted by atomic mass is 10.1. The minimum absolute atomic E-state index is 0.0623. The lowest BCUT2D eigenvalue weighted by molar-refractivity contribution is -0.134. The summed E-state index contributed by atoms with van der Waals surface area (Å²) in [5.74, 6) is -0.699. The van der Waals surface area contributed by atoms with Crippen LogP contribution in [0.1, 0.15) is 11.8 Å². The average molecular weight is 328 g/mol. The fraction of sp³-hybridized carbons (Fsp3) is 0.462. The monoisotopic (exact) mass is 328 g/mol. The van der Waals surface area contributed by atoms with Gasteiger partial charge in [-0.3, -0.25) is 14.3 Å². The lowest BCUT2D eigenvalue weighted by Gasteiger charge is -2.17. The number of ether oxygens (including phenoxy) is 2. The van der Waals surface area contributed by atoms with Gasteiger partial charge in [-0.2, -0.15) is 0 Å². The standard InChI is InChI=1S/C13H16N2O8/c1-22-8(17)3-2-6-4-15(13(21)14-11(6)20)12-10(19)9(18)7(5-16)23-12/h2-4,7,9-10,12,16,18-19H,5H2,1H3,(H,14,20,21)/t7-,9+,10-,12-/m1/s1. The smallest absolute Gasteiger partial charge is 0.330 e. The molecule has 10 nitrogen and oxygen atoms in total. The summed E-state index contributed by atoms with van der Waals surface area (Å²) >= 11 is 0. The molecule has 0 aliphatic carbocycles. The molecule has 0 spiro atoms. The van der Waals surface area contributed by atoms with Crippen LogP contribution in [0.25, 0.3) is 6.08 Å². The first-order chi connectivity index (χ1) is 10.9. The molecule has 4 N–H and O–H groups in total. The normalized spacial score (nSPS) is 27.5. The molecule has 4 atom stereocenters. The van der Waals surface area contributed by atoms with Crippen molar-refractivity contribution in [3.63, 3.8) is 0 Å². The highest BCUT2D eigenvalue weighted by Crippen LogP contribution is 2.27. The van der Waals surface area contributed by atoms with Crippen molar-refractivity contribution in [2.45, 2.75) is 24.5 Å². The van der Waals surface area contributed by atoms with E-state index in [-0.39, 0.29) is 5.56 Å². The molecule has 10 heteroatoms. The molecule has 1 saturated heterocycles. The van der Waals surface area contributed by atoms with Gasteiger partial charge in [-0.25, -0.2) is 9.59 Å². The number of aliphatic hydroxyl groups is 3. The fourth-order valence-electron chi connectivity index (χ4n) is 2.14. The Kier molecular flexibility index (Phi) is 5.11. The molecule has 1 aliphatic rings. The lowest BCUT2D eigenvalue weighted by Crippen LogP contribution is -2.38. The number of methoxy groups -OCH3 is 1. The van der Waals surface area contributed by atoms with Crippen molar-refractivity contribution in [1.82, 2.24) is 9.55 Å². The van der Waals surface area contributed by atoms with Gasteiger partial charge in [0.2, 0.25) is 0 Å². The predicted molar refractivity (Wildman–Crippen MR) is 75.4 cm³/mol. The summed E-state index contributed by atoms with van der Waals surface area (Å²) in [5.41, 5.74) is -1.69. The zero-order valence-electron chi connectivity index (χ0n) is 12.1. The number of carbonyl (C=O) groups excluding carboxylic acids is 1. The van der Waals surface area contributed by atoms with Crippen LogP contribution < -0.4 is 11.2 Å². The van der Waals surface area contributed by atoms with Gasteiger partial charge in [-0.1, -0.05) is 0 Å². The van der Waals surface area contributed by atoms with Gasteiger partial charge >= 0.3 is 11.7 Å². The van der Waals surface area contributed by atoms with Crippen molar-refractivity contribution in [2.24, 2.45) is 0 Å². The van der Waals surface area contributed by atoms with E-state index in [0.717, 1.165) is 30.0 Å². The van der Waals surface area contributed by atoms with Crippen LogP contribution in [0, 0.1) is 0 Å². The molecule has 23 heavy (non-hydrogen) atoms. The van der Waals surface area contributed by atoms with Crippen molar-refractivity contribution < 1.29 is 29.6 Å². The van der Waals surface area contributed by atoms with Gasteiger partial charge in [0.1, 0.15) is 18.3 Å². The van der Waals surface area contributed by atoms with E-state index in [1.807, 2.05) is 4.98 Å². The first-order valence-electron chi connectivity index (χ1n) is 6.63. The molecule has 1 aliphatic heterocycles. The summed E-state index contributed by atoms with van der Waals surface area (Å²) in [4.78, 5) is 36.7. The fourth-order valence-corrected chi connectivity index (χ4v) is 2.14. The van der Waals surface area contributed by atoms with Crippen LogP contribution in [0.2, 0.25) is 0 Å². The Morgan fingerprint density at radius 3 is 2.70 bits per heavy atom. The van der Waals surface area contributed by atoms with E-state index in [9.17, 15) is 24.6 Å². The highest BCUT2D eigenvalue weighted by Gasteiger charge is 2.43. The minimum Gasteiger partial charge on any atom is -0.466 e. The van der Waals surface area contributed by atoms with Crippen LogP contribution in [0.15, 0.2) is 21.9 Å². The van der Waals surface area contributed by atoms with E-state index in [4.69, 9.17) is 9.84 Å². The van der Waals surface area contributed by atoms with Crippen molar-refractivity contribution in [3.05, 3.63) is 38.7 Å². The third-order valence-electron chi connectivity index (χ3n) is 3.39. The van der Waals surface area contributed by atoms with Crippen molar-refractivity contribution in [1.29, 1.82) is 0 Å². The molecule has 0 saturated carbocycles. The molecule has 0 radical (unpaired) electrons. The van der Waals surface area contributed by atoms with E-state index in [1.165, 1.54) is 0 Å². The Morgan fingerprint density at radius 2 is 2.13 bits per heavy atom. The summed E-state index contributed by atoms with van der Waals surface area (Å²) in [6.07, 6.45) is -2.05. The molecule has 1 fully saturated rings. The Morgan fingerprint density at radius 1 is 1.43 bits per heavy atom. The maximum absolute atomic E-state index is 11.9. The Bertz CT molecular complexity index is 721. The van der Waals surface area contributed by atoms with Crippen molar-refractivity contribution in [2.75, 3.05) is 13.7 Å². The van der Waals surface area contributed by atoms with Crippen LogP contribution in [0.5, 0.6) is 0 Å². The number of esters is 1. The first-order valence-corrected chi connectivity index (χ1v) is 6.63. The van der Waals surface area contributed by atoms with Gasteiger partial charge in [0, 0.05) is 12.3 Å². The van der Waals surface area contributed by atoms with Crippen molar-refractivity contribution in [3.8, 4) is 0 Å². The van der Waals surface area contributed by atoms with E-state index in [0.29, 0.717) is 0 Å². The molecule has 126 valence electrons. The van der Waals surface area contributed by atoms with Gasteiger partial charge in [0.25, 0.3) is 5.56 Å². The number of carbonyl (C=O) groups is 1. The van der Waals surface area contributed by atoms with E-state index in [1.54, 1.807) is 0 Å². The zero-order chi connectivity index (χ0) is 17.1. The maximum atomic E-state index is 11.9. The molecule has 2 rings (SSSR count). The number of aromatic nitrogens is 2. The minimum atomic E-state index is -1.48. The number of hydrogen-bond acceptors (Lipinski definition) is 8. The van der Waals surface area contributed by atoms with E-state index in [2.05, 4.69) is 4.74 Å². The third-order valence-corrected chi connectivity index (χ3v) is 3.39. The number of nitrogens with zero attached hydrogens (tertiary/aromatic N) is 1. The second kappa shape index (κ2) is 6.87. The van der Waals surface area contributed by atoms with E-state index < -0.39 is 48.4 Å². The average Bonchev–Trinajstić information content (AvgIpc) is 2.81. The molecule has 0 aromatic carbocycles. The van der Waals surface area contributed by atoms with Gasteiger partial charge in [0.15, 0.2) is 6.23 Å². The predicted octanol–water partition coefficient (Wildman–Crippen LogP) is -2.67. The molecule has 2 heterocycles. The van der Waals surface area contributed by atoms with Gasteiger partial charge in [0.05, 0.1) is 19.3 Å². The Labute approximate surface area is 129 Å². The van der Waals surface area contributed by atoms with E-state index >= 15 is 0 Å². The number of H-pyrrole nitrogens is 1. The largest absolute Gasteiger partial charge is 0.466 e. The molecular formula is C13H16N2O8. The second-order valence-corrected chi connectivity index (χ2v) is 4.84. The summed E-state index contributed by atoms with van der Waals surface area (Å²) in [6, 6.07) is 0. The van der Waals surface area contributed by atoms with Crippen LogP contribution in [-0.2, 0) is 14.3 Å². The molecule has 1 aromatic rings. The highest BCUT2D eigenvalue weighted by atomic mass is 16.6. The van der Waals surface area contributed by atoms with Gasteiger partial charge < -0.3 is 24.8 Å². The summed E-state index contributed by atoms with van der Waals surface area (Å²) in [6.45, 7) is -0.554. The highest BCUT2D eigenvalue weighted by molar-refractivity contribution is 5.86. The third kappa shape index (κ3) is 3.40. The van der Waals surface area contributed by atoms with Crippen molar-refractivity contribution >= 4 is 12.0 Å². The summed E-state index contributed by atoms with van der Waals surface area (Å²) in [5, 5.41) is 28.7. The zero-order valence-corrected chi connectivity index (χ0v) is 12.1. The molecule has 1 aromatic heterocycles. The van der Waals surface area contributed by atoms with Gasteiger partial charge in [-0.05, 0) is 6.08 Å². The maximum Gasteiger partial charge on any atom is 0.330 e. The molecule has 0 unspecified atom stereocenters. The van der Waals surface area contributed by atoms with Gasteiger partial charge in [-0.15, -0.1) is 0 Å². The second-order valence-electron chi connectivity index (χ2n) is 4.84. The number of nitrogens with one attached hydrogen (secondary N) is 1. The van der Waals surface area contributed by atoms with Crippen LogP contribution >= 0.6 is 0 Å². The number of aliphatic hydroxyl groups excluding tert-OH is 3. The summed E-state index contributed by atoms with van der Waals surface area (Å²) in [7, 11) is 1.16. The quantitative estimate of drug-likeness (QED) is 0.345. The van der Waals surface area contributed by atoms with Crippen LogP contribution in [0.3, 0.4) is 0 Å². The van der Waals surface area contributed by atoms with Crippen LogP contribution in [-0.4, -0.2) is 62.9 Å². The summed E-state index contributed by atoms with van der Waals surface area (Å²) < 4.78 is 10.5. The number of rotatable bonds is 4. The first kappa shape index (κ1) is 17.1. The Balaban J connectivity index is 2.40. The number of hydrogen-bond donors (Lipinski definition) is 4. The molecule has 0 amide bonds. The SMILES string of the molecule is COC(=O)C=Cc1cn([C@@H]2O[C@H](CO)[C@H](O)[C@H]2O)c(=O)[nH]c1=O. The molecular weight excluding hydrogens is 312 g/mol. The number of aromatic amines is 1. The molecule has 0 bridgehead atoms. The topological polar surface area (TPSA) is 151 Å². The van der Waals surface area contributed by atoms with Crippen LogP contribution in [0.4, 0.5) is 0 Å². The Hall–Kier alpha value is -2.27.